The van der Waals surface area contributed by atoms with E-state index in [4.69, 9.17) is 4.42 Å². The molecule has 0 amide bonds. The summed E-state index contributed by atoms with van der Waals surface area (Å²) in [5.41, 5.74) is 0. The topological polar surface area (TPSA) is 13.1 Å². The van der Waals surface area contributed by atoms with E-state index in [0.717, 1.165) is 11.5 Å². The molecule has 0 radical (unpaired) electrons. The quantitative estimate of drug-likeness (QED) is 0.659. The van der Waals surface area contributed by atoms with Crippen molar-refractivity contribution in [2.45, 2.75) is 6.92 Å². The van der Waals surface area contributed by atoms with E-state index in [9.17, 15) is 0 Å². The Hall–Kier alpha value is -0.721. The second-order valence-electron chi connectivity index (χ2n) is 2.39. The fraction of sp³-hybridized carbons (Fsp3) is 0.111. The van der Waals surface area contributed by atoms with Crippen molar-refractivity contribution in [1.29, 1.82) is 0 Å². The number of aryl methyl sites for hydroxylation is 1. The Morgan fingerprint density at radius 1 is 1.27 bits per heavy atom. The third-order valence-corrected chi connectivity index (χ3v) is 3.36. The number of furan rings is 1. The minimum atomic E-state index is 0.490. The second kappa shape index (κ2) is 2.72. The van der Waals surface area contributed by atoms with Gasteiger partial charge < -0.3 is 0 Å². The summed E-state index contributed by atoms with van der Waals surface area (Å²) in [4.78, 5) is 2.19. The predicted octanol–water partition coefficient (Wildman–Crippen LogP) is 2.31. The van der Waals surface area contributed by atoms with Crippen LogP contribution in [0.4, 0.5) is 0 Å². The van der Waals surface area contributed by atoms with E-state index in [1.807, 2.05) is 19.1 Å². The van der Waals surface area contributed by atoms with Gasteiger partial charge in [-0.25, -0.2) is 0 Å². The van der Waals surface area contributed by atoms with E-state index >= 15 is 0 Å². The van der Waals surface area contributed by atoms with Gasteiger partial charge in [0.25, 0.3) is 0 Å². The summed E-state index contributed by atoms with van der Waals surface area (Å²) in [6.07, 6.45) is 0. The summed E-state index contributed by atoms with van der Waals surface area (Å²) in [5.74, 6) is 2.02. The first kappa shape index (κ1) is 6.96. The Labute approximate surface area is 71.4 Å². The Morgan fingerprint density at radius 2 is 2.18 bits per heavy atom. The average molecular weight is 211 g/mol. The van der Waals surface area contributed by atoms with Gasteiger partial charge in [-0.05, 0) is 0 Å². The molecule has 2 heteroatoms. The van der Waals surface area contributed by atoms with Gasteiger partial charge in [-0.15, -0.1) is 0 Å². The van der Waals surface area contributed by atoms with E-state index in [-0.39, 0.29) is 0 Å². The molecule has 0 saturated heterocycles. The number of hydrogen-bond donors (Lipinski definition) is 0. The van der Waals surface area contributed by atoms with Gasteiger partial charge in [-0.1, -0.05) is 0 Å². The van der Waals surface area contributed by atoms with Crippen LogP contribution in [-0.4, -0.2) is 14.5 Å². The third kappa shape index (κ3) is 1.32. The summed E-state index contributed by atoms with van der Waals surface area (Å²) in [7, 11) is 0. The van der Waals surface area contributed by atoms with Gasteiger partial charge >= 0.3 is 71.0 Å². The predicted molar refractivity (Wildman–Crippen MR) is 45.8 cm³/mol. The molecular weight excluding hydrogens is 203 g/mol. The van der Waals surface area contributed by atoms with Gasteiger partial charge in [0.15, 0.2) is 0 Å². The van der Waals surface area contributed by atoms with Gasteiger partial charge in [-0.3, -0.25) is 0 Å². The minimum absolute atomic E-state index is 0.490. The van der Waals surface area contributed by atoms with Gasteiger partial charge in [0.2, 0.25) is 0 Å². The molecular formula is C9H8OSe. The summed E-state index contributed by atoms with van der Waals surface area (Å²) in [5, 5.41) is 0. The van der Waals surface area contributed by atoms with Crippen molar-refractivity contribution in [2.75, 3.05) is 0 Å². The molecule has 56 valence electrons. The fourth-order valence-electron chi connectivity index (χ4n) is 0.986. The van der Waals surface area contributed by atoms with E-state index in [2.05, 4.69) is 17.1 Å². The summed E-state index contributed by atoms with van der Waals surface area (Å²) >= 11 is 0.490. The molecule has 2 heterocycles. The molecule has 0 bridgehead atoms. The van der Waals surface area contributed by atoms with Crippen molar-refractivity contribution in [3.8, 4) is 10.2 Å². The molecule has 0 aliphatic rings. The van der Waals surface area contributed by atoms with Crippen LogP contribution >= 0.6 is 0 Å². The van der Waals surface area contributed by atoms with Crippen molar-refractivity contribution < 1.29 is 4.42 Å². The second-order valence-corrected chi connectivity index (χ2v) is 4.38. The number of hydrogen-bond acceptors (Lipinski definition) is 1. The molecule has 0 aromatic carbocycles. The Bertz CT molecular complexity index is 332. The zero-order valence-corrected chi connectivity index (χ0v) is 7.92. The van der Waals surface area contributed by atoms with Gasteiger partial charge in [0, 0.05) is 0 Å². The molecule has 0 unspecified atom stereocenters. The van der Waals surface area contributed by atoms with E-state index < -0.39 is 0 Å². The van der Waals surface area contributed by atoms with Gasteiger partial charge in [-0.2, -0.15) is 0 Å². The molecule has 2 rings (SSSR count). The van der Waals surface area contributed by atoms with E-state index in [1.54, 1.807) is 0 Å². The maximum absolute atomic E-state index is 5.47. The van der Waals surface area contributed by atoms with Crippen LogP contribution in [-0.2, 0) is 0 Å². The van der Waals surface area contributed by atoms with Gasteiger partial charge in [0.1, 0.15) is 0 Å². The first-order chi connectivity index (χ1) is 5.36. The molecule has 0 saturated carbocycles. The molecule has 2 aromatic heterocycles. The number of rotatable bonds is 1. The molecule has 2 aromatic rings. The van der Waals surface area contributed by atoms with E-state index in [0.29, 0.717) is 14.5 Å². The van der Waals surface area contributed by atoms with Crippen molar-refractivity contribution in [1.82, 2.24) is 0 Å². The summed E-state index contributed by atoms with van der Waals surface area (Å²) in [6.45, 7) is 1.97. The zero-order chi connectivity index (χ0) is 7.68. The Morgan fingerprint density at radius 3 is 2.73 bits per heavy atom. The SMILES string of the molecule is Cc1ccc(-c2ccc[se]2)o1. The van der Waals surface area contributed by atoms with E-state index in [1.165, 1.54) is 4.44 Å². The first-order valence-electron chi connectivity index (χ1n) is 3.46. The van der Waals surface area contributed by atoms with Crippen molar-refractivity contribution in [3.05, 3.63) is 35.0 Å². The monoisotopic (exact) mass is 212 g/mol. The average Bonchev–Trinajstić information content (AvgIpc) is 2.55. The standard InChI is InChI=1S/C9H8OSe/c1-7-4-5-8(10-7)9-3-2-6-11-9/h2-6H,1H3. The van der Waals surface area contributed by atoms with Crippen molar-refractivity contribution in [3.63, 3.8) is 0 Å². The van der Waals surface area contributed by atoms with Crippen LogP contribution in [0, 0.1) is 6.92 Å². The zero-order valence-electron chi connectivity index (χ0n) is 6.20. The van der Waals surface area contributed by atoms with Gasteiger partial charge in [0.05, 0.1) is 0 Å². The van der Waals surface area contributed by atoms with Crippen LogP contribution < -0.4 is 0 Å². The van der Waals surface area contributed by atoms with Crippen LogP contribution in [0.1, 0.15) is 5.76 Å². The molecule has 0 fully saturated rings. The molecule has 0 spiro atoms. The molecule has 0 aliphatic carbocycles. The van der Waals surface area contributed by atoms with Crippen molar-refractivity contribution >= 4 is 14.5 Å². The normalized spacial score (nSPS) is 10.3. The summed E-state index contributed by atoms with van der Waals surface area (Å²) in [6, 6.07) is 8.26. The summed E-state index contributed by atoms with van der Waals surface area (Å²) < 4.78 is 6.81. The van der Waals surface area contributed by atoms with Crippen LogP contribution in [0.5, 0.6) is 0 Å². The Balaban J connectivity index is 2.45. The van der Waals surface area contributed by atoms with Crippen LogP contribution in [0.3, 0.4) is 0 Å². The molecule has 1 nitrogen and oxygen atoms in total. The molecule has 11 heavy (non-hydrogen) atoms. The first-order valence-corrected chi connectivity index (χ1v) is 5.31. The third-order valence-electron chi connectivity index (χ3n) is 1.50. The molecule has 0 N–H and O–H groups in total. The molecule has 0 atom stereocenters. The maximum atomic E-state index is 5.47. The van der Waals surface area contributed by atoms with Crippen molar-refractivity contribution in [2.24, 2.45) is 0 Å². The van der Waals surface area contributed by atoms with Crippen LogP contribution in [0.2, 0.25) is 0 Å². The van der Waals surface area contributed by atoms with Crippen LogP contribution in [0.15, 0.2) is 33.6 Å². The fourth-order valence-corrected chi connectivity index (χ4v) is 2.43. The van der Waals surface area contributed by atoms with Crippen LogP contribution in [0.25, 0.3) is 10.2 Å². The molecule has 0 aliphatic heterocycles. The Kier molecular flexibility index (Phi) is 1.72.